The van der Waals surface area contributed by atoms with Crippen molar-refractivity contribution in [3.05, 3.63) is 35.9 Å². The Bertz CT molecular complexity index is 835. The maximum atomic E-state index is 11.8. The molecule has 0 aliphatic rings. The van der Waals surface area contributed by atoms with Gasteiger partial charge < -0.3 is 16.8 Å². The van der Waals surface area contributed by atoms with E-state index in [-0.39, 0.29) is 28.2 Å². The monoisotopic (exact) mass is 382 g/mol. The number of nitrogen functional groups attached to an aromatic ring is 2. The van der Waals surface area contributed by atoms with Gasteiger partial charge in [0.1, 0.15) is 11.6 Å². The third-order valence-corrected chi connectivity index (χ3v) is 4.84. The number of rotatable bonds is 7. The third kappa shape index (κ3) is 6.21. The van der Waals surface area contributed by atoms with Crippen LogP contribution in [-0.4, -0.2) is 36.6 Å². The van der Waals surface area contributed by atoms with Crippen molar-refractivity contribution in [3.8, 4) is 0 Å². The normalized spacial score (nSPS) is 11.2. The van der Waals surface area contributed by atoms with E-state index >= 15 is 0 Å². The summed E-state index contributed by atoms with van der Waals surface area (Å²) in [6.45, 7) is 0.411. The molecule has 1 amide bonds. The summed E-state index contributed by atoms with van der Waals surface area (Å²) in [5.41, 5.74) is 12.0. The number of thioether (sulfide) groups is 1. The summed E-state index contributed by atoms with van der Waals surface area (Å²) >= 11 is 1.13. The number of hydrogen-bond donors (Lipinski definition) is 4. The van der Waals surface area contributed by atoms with Gasteiger partial charge in [-0.3, -0.25) is 4.79 Å². The molecule has 0 saturated heterocycles. The van der Waals surface area contributed by atoms with Crippen molar-refractivity contribution in [3.63, 3.8) is 0 Å². The molecule has 7 N–H and O–H groups in total. The second kappa shape index (κ2) is 8.14. The van der Waals surface area contributed by atoms with Gasteiger partial charge >= 0.3 is 0 Å². The van der Waals surface area contributed by atoms with Crippen molar-refractivity contribution in [2.24, 2.45) is 5.14 Å². The molecule has 11 heteroatoms. The zero-order valence-electron chi connectivity index (χ0n) is 13.2. The van der Waals surface area contributed by atoms with Gasteiger partial charge in [0.15, 0.2) is 5.16 Å². The van der Waals surface area contributed by atoms with Crippen LogP contribution in [0, 0.1) is 0 Å². The minimum absolute atomic E-state index is 0.0538. The lowest BCUT2D eigenvalue weighted by Crippen LogP contribution is -2.27. The van der Waals surface area contributed by atoms with Gasteiger partial charge in [0, 0.05) is 12.6 Å². The van der Waals surface area contributed by atoms with Crippen molar-refractivity contribution in [1.29, 1.82) is 0 Å². The summed E-state index contributed by atoms with van der Waals surface area (Å²) < 4.78 is 22.3. The van der Waals surface area contributed by atoms with Gasteiger partial charge in [0.25, 0.3) is 0 Å². The van der Waals surface area contributed by atoms with Crippen molar-refractivity contribution >= 4 is 39.3 Å². The van der Waals surface area contributed by atoms with Gasteiger partial charge in [-0.25, -0.2) is 23.5 Å². The van der Waals surface area contributed by atoms with Crippen LogP contribution in [0.2, 0.25) is 0 Å². The standard InChI is InChI=1S/C14H18N6O3S2/c15-11-7-12(16)20-14(19-11)24-8-13(21)18-6-5-9-1-3-10(4-2-9)25(17,22)23/h1-4,7H,5-6,8H2,(H,18,21)(H2,17,22,23)(H4,15,16,19,20). The van der Waals surface area contributed by atoms with Crippen LogP contribution in [0.3, 0.4) is 0 Å². The Balaban J connectivity index is 1.76. The molecule has 0 radical (unpaired) electrons. The van der Waals surface area contributed by atoms with E-state index in [1.165, 1.54) is 18.2 Å². The lowest BCUT2D eigenvalue weighted by Gasteiger charge is -2.06. The molecule has 0 saturated carbocycles. The number of primary sulfonamides is 1. The molecule has 0 aliphatic carbocycles. The first-order chi connectivity index (χ1) is 11.7. The number of carbonyl (C=O) groups is 1. The van der Waals surface area contributed by atoms with Gasteiger partial charge in [0.05, 0.1) is 10.6 Å². The van der Waals surface area contributed by atoms with E-state index in [1.807, 2.05) is 0 Å². The molecule has 0 fully saturated rings. The van der Waals surface area contributed by atoms with Crippen LogP contribution < -0.4 is 21.9 Å². The Kier molecular flexibility index (Phi) is 6.17. The number of amides is 1. The predicted molar refractivity (Wildman–Crippen MR) is 96.1 cm³/mol. The molecular formula is C14H18N6O3S2. The number of nitrogens with one attached hydrogen (secondary N) is 1. The highest BCUT2D eigenvalue weighted by atomic mass is 32.2. The molecule has 1 aromatic carbocycles. The number of nitrogens with two attached hydrogens (primary N) is 3. The molecule has 134 valence electrons. The quantitative estimate of drug-likeness (QED) is 0.375. The topological polar surface area (TPSA) is 167 Å². The van der Waals surface area contributed by atoms with Gasteiger partial charge in [-0.1, -0.05) is 23.9 Å². The molecule has 1 aromatic heterocycles. The lowest BCUT2D eigenvalue weighted by atomic mass is 10.1. The number of aromatic nitrogens is 2. The van der Waals surface area contributed by atoms with Gasteiger partial charge in [-0.15, -0.1) is 0 Å². The molecule has 0 unspecified atom stereocenters. The summed E-state index contributed by atoms with van der Waals surface area (Å²) in [7, 11) is -3.70. The second-order valence-electron chi connectivity index (χ2n) is 5.08. The summed E-state index contributed by atoms with van der Waals surface area (Å²) in [6.07, 6.45) is 0.559. The number of hydrogen-bond acceptors (Lipinski definition) is 8. The Morgan fingerprint density at radius 1 is 1.12 bits per heavy atom. The molecule has 0 spiro atoms. The van der Waals surface area contributed by atoms with E-state index in [0.29, 0.717) is 18.1 Å². The Labute approximate surface area is 149 Å². The zero-order valence-corrected chi connectivity index (χ0v) is 14.8. The molecule has 0 atom stereocenters. The first-order valence-electron chi connectivity index (χ1n) is 7.15. The van der Waals surface area contributed by atoms with E-state index in [0.717, 1.165) is 17.3 Å². The molecule has 2 rings (SSSR count). The lowest BCUT2D eigenvalue weighted by molar-refractivity contribution is -0.118. The highest BCUT2D eigenvalue weighted by molar-refractivity contribution is 7.99. The van der Waals surface area contributed by atoms with E-state index < -0.39 is 10.0 Å². The largest absolute Gasteiger partial charge is 0.383 e. The van der Waals surface area contributed by atoms with Crippen LogP contribution >= 0.6 is 11.8 Å². The zero-order chi connectivity index (χ0) is 18.4. The number of carbonyl (C=O) groups excluding carboxylic acids is 1. The van der Waals surface area contributed by atoms with E-state index in [2.05, 4.69) is 15.3 Å². The van der Waals surface area contributed by atoms with Crippen LogP contribution in [0.15, 0.2) is 40.4 Å². The van der Waals surface area contributed by atoms with Crippen LogP contribution in [0.1, 0.15) is 5.56 Å². The van der Waals surface area contributed by atoms with Gasteiger partial charge in [-0.2, -0.15) is 0 Å². The van der Waals surface area contributed by atoms with E-state index in [9.17, 15) is 13.2 Å². The number of nitrogens with zero attached hydrogens (tertiary/aromatic N) is 2. The fourth-order valence-electron chi connectivity index (χ4n) is 1.90. The van der Waals surface area contributed by atoms with Crippen LogP contribution in [-0.2, 0) is 21.2 Å². The van der Waals surface area contributed by atoms with Crippen LogP contribution in [0.4, 0.5) is 11.6 Å². The van der Waals surface area contributed by atoms with E-state index in [1.54, 1.807) is 12.1 Å². The fraction of sp³-hybridized carbons (Fsp3) is 0.214. The van der Waals surface area contributed by atoms with Crippen LogP contribution in [0.25, 0.3) is 0 Å². The number of anilines is 2. The Morgan fingerprint density at radius 3 is 2.28 bits per heavy atom. The Hall–Kier alpha value is -2.37. The molecular weight excluding hydrogens is 364 g/mol. The highest BCUT2D eigenvalue weighted by Gasteiger charge is 2.08. The van der Waals surface area contributed by atoms with E-state index in [4.69, 9.17) is 16.6 Å². The molecule has 0 bridgehead atoms. The number of sulfonamides is 1. The summed E-state index contributed by atoms with van der Waals surface area (Å²) in [5, 5.41) is 8.13. The van der Waals surface area contributed by atoms with Gasteiger partial charge in [0.2, 0.25) is 15.9 Å². The maximum absolute atomic E-state index is 11.8. The maximum Gasteiger partial charge on any atom is 0.238 e. The first kappa shape index (κ1) is 19.0. The molecule has 25 heavy (non-hydrogen) atoms. The van der Waals surface area contributed by atoms with Crippen LogP contribution in [0.5, 0.6) is 0 Å². The van der Waals surface area contributed by atoms with Crippen molar-refractivity contribution < 1.29 is 13.2 Å². The molecule has 2 aromatic rings. The highest BCUT2D eigenvalue weighted by Crippen LogP contribution is 2.15. The van der Waals surface area contributed by atoms with Gasteiger partial charge in [-0.05, 0) is 24.1 Å². The summed E-state index contributed by atoms with van der Waals surface area (Å²) in [4.78, 5) is 19.8. The number of benzene rings is 1. The third-order valence-electron chi connectivity index (χ3n) is 3.07. The van der Waals surface area contributed by atoms with Crippen molar-refractivity contribution in [2.45, 2.75) is 16.5 Å². The fourth-order valence-corrected chi connectivity index (χ4v) is 3.12. The predicted octanol–water partition coefficient (Wildman–Crippen LogP) is -0.261. The summed E-state index contributed by atoms with van der Waals surface area (Å²) in [5.74, 6) is 0.445. The first-order valence-corrected chi connectivity index (χ1v) is 9.68. The molecule has 0 aliphatic heterocycles. The smallest absolute Gasteiger partial charge is 0.238 e. The SMILES string of the molecule is Nc1cc(N)nc(SCC(=O)NCCc2ccc(S(N)(=O)=O)cc2)n1. The molecule has 9 nitrogen and oxygen atoms in total. The minimum Gasteiger partial charge on any atom is -0.383 e. The second-order valence-corrected chi connectivity index (χ2v) is 7.58. The average molecular weight is 382 g/mol. The minimum atomic E-state index is -3.70. The average Bonchev–Trinajstić information content (AvgIpc) is 2.52. The van der Waals surface area contributed by atoms with Crippen molar-refractivity contribution in [1.82, 2.24) is 15.3 Å². The molecule has 1 heterocycles. The summed E-state index contributed by atoms with van der Waals surface area (Å²) in [6, 6.07) is 7.62. The van der Waals surface area contributed by atoms with Crippen molar-refractivity contribution in [2.75, 3.05) is 23.8 Å². The Morgan fingerprint density at radius 2 is 1.72 bits per heavy atom.